The summed E-state index contributed by atoms with van der Waals surface area (Å²) >= 11 is 0. The third-order valence-electron chi connectivity index (χ3n) is 4.09. The Morgan fingerprint density at radius 3 is 2.50 bits per heavy atom. The van der Waals surface area contributed by atoms with Gasteiger partial charge in [0, 0.05) is 5.56 Å². The standard InChI is InChI=1S/C21H20N2O/c1-3-16-7-6-10-20(13-16)21(24)23-22-15(2)18-12-11-17-8-4-5-9-19(17)14-18/h4-14H,3H2,1-2H3,(H,23,24). The van der Waals surface area contributed by atoms with Crippen LogP contribution in [0.2, 0.25) is 0 Å². The van der Waals surface area contributed by atoms with Gasteiger partial charge in [0.05, 0.1) is 5.71 Å². The molecule has 0 radical (unpaired) electrons. The number of hydrogen-bond acceptors (Lipinski definition) is 2. The molecule has 3 rings (SSSR count). The van der Waals surface area contributed by atoms with E-state index < -0.39 is 0 Å². The average Bonchev–Trinajstić information content (AvgIpc) is 2.65. The second-order valence-corrected chi connectivity index (χ2v) is 5.75. The lowest BCUT2D eigenvalue weighted by Gasteiger charge is -2.06. The highest BCUT2D eigenvalue weighted by Crippen LogP contribution is 2.16. The van der Waals surface area contributed by atoms with Crippen molar-refractivity contribution in [3.05, 3.63) is 83.4 Å². The van der Waals surface area contributed by atoms with E-state index in [1.165, 1.54) is 5.39 Å². The van der Waals surface area contributed by atoms with Crippen molar-refractivity contribution in [3.63, 3.8) is 0 Å². The third kappa shape index (κ3) is 3.51. The molecule has 0 heterocycles. The molecule has 0 aliphatic heterocycles. The van der Waals surface area contributed by atoms with Crippen LogP contribution in [0.3, 0.4) is 0 Å². The summed E-state index contributed by atoms with van der Waals surface area (Å²) in [6.45, 7) is 3.96. The van der Waals surface area contributed by atoms with Crippen LogP contribution < -0.4 is 5.43 Å². The Morgan fingerprint density at radius 1 is 0.917 bits per heavy atom. The maximum absolute atomic E-state index is 12.2. The molecule has 24 heavy (non-hydrogen) atoms. The molecule has 120 valence electrons. The Bertz CT molecular complexity index is 912. The number of nitrogens with one attached hydrogen (secondary N) is 1. The summed E-state index contributed by atoms with van der Waals surface area (Å²) in [6, 6.07) is 22.0. The largest absolute Gasteiger partial charge is 0.271 e. The van der Waals surface area contributed by atoms with Crippen molar-refractivity contribution in [2.75, 3.05) is 0 Å². The first kappa shape index (κ1) is 15.9. The summed E-state index contributed by atoms with van der Waals surface area (Å²) in [6.07, 6.45) is 0.903. The normalized spacial score (nSPS) is 11.5. The minimum atomic E-state index is -0.189. The molecule has 3 aromatic rings. The lowest BCUT2D eigenvalue weighted by atomic mass is 10.0. The quantitative estimate of drug-likeness (QED) is 0.556. The Morgan fingerprint density at radius 2 is 1.71 bits per heavy atom. The summed E-state index contributed by atoms with van der Waals surface area (Å²) in [7, 11) is 0. The van der Waals surface area contributed by atoms with E-state index in [1.54, 1.807) is 6.07 Å². The summed E-state index contributed by atoms with van der Waals surface area (Å²) in [5, 5.41) is 6.60. The molecule has 0 aliphatic rings. The summed E-state index contributed by atoms with van der Waals surface area (Å²) in [5.74, 6) is -0.189. The number of rotatable bonds is 4. The molecule has 0 spiro atoms. The van der Waals surface area contributed by atoms with Gasteiger partial charge in [-0.25, -0.2) is 5.43 Å². The zero-order valence-corrected chi connectivity index (χ0v) is 13.9. The summed E-state index contributed by atoms with van der Waals surface area (Å²) in [5.41, 5.74) is 6.19. The van der Waals surface area contributed by atoms with Crippen LogP contribution in [-0.4, -0.2) is 11.6 Å². The van der Waals surface area contributed by atoms with Gasteiger partial charge in [-0.15, -0.1) is 0 Å². The zero-order chi connectivity index (χ0) is 16.9. The van der Waals surface area contributed by atoms with Gasteiger partial charge >= 0.3 is 0 Å². The molecule has 0 fully saturated rings. The smallest absolute Gasteiger partial charge is 0.267 e. The number of benzene rings is 3. The molecule has 3 heteroatoms. The van der Waals surface area contributed by atoms with E-state index in [0.717, 1.165) is 28.6 Å². The Labute approximate surface area is 142 Å². The molecule has 3 nitrogen and oxygen atoms in total. The molecule has 3 aromatic carbocycles. The van der Waals surface area contributed by atoms with Crippen LogP contribution >= 0.6 is 0 Å². The van der Waals surface area contributed by atoms with Gasteiger partial charge in [0.15, 0.2) is 0 Å². The number of hydrazone groups is 1. The number of carbonyl (C=O) groups excluding carboxylic acids is 1. The van der Waals surface area contributed by atoms with E-state index in [1.807, 2.05) is 43.3 Å². The first-order valence-electron chi connectivity index (χ1n) is 8.10. The van der Waals surface area contributed by atoms with Crippen LogP contribution in [0.5, 0.6) is 0 Å². The fourth-order valence-electron chi connectivity index (χ4n) is 2.61. The minimum Gasteiger partial charge on any atom is -0.267 e. The van der Waals surface area contributed by atoms with Crippen LogP contribution in [0.25, 0.3) is 10.8 Å². The van der Waals surface area contributed by atoms with Gasteiger partial charge in [-0.1, -0.05) is 55.5 Å². The van der Waals surface area contributed by atoms with Crippen molar-refractivity contribution in [2.24, 2.45) is 5.10 Å². The van der Waals surface area contributed by atoms with Crippen LogP contribution in [0, 0.1) is 0 Å². The van der Waals surface area contributed by atoms with Gasteiger partial charge in [0.25, 0.3) is 5.91 Å². The number of nitrogens with zero attached hydrogens (tertiary/aromatic N) is 1. The fourth-order valence-corrected chi connectivity index (χ4v) is 2.61. The van der Waals surface area contributed by atoms with Crippen molar-refractivity contribution in [1.82, 2.24) is 5.43 Å². The Kier molecular flexibility index (Phi) is 4.71. The molecule has 1 N–H and O–H groups in total. The first-order valence-corrected chi connectivity index (χ1v) is 8.10. The van der Waals surface area contributed by atoms with Gasteiger partial charge in [-0.2, -0.15) is 5.10 Å². The Balaban J connectivity index is 1.78. The van der Waals surface area contributed by atoms with Crippen molar-refractivity contribution in [3.8, 4) is 0 Å². The molecule has 0 aromatic heterocycles. The topological polar surface area (TPSA) is 41.5 Å². The molecular weight excluding hydrogens is 296 g/mol. The minimum absolute atomic E-state index is 0.189. The maximum Gasteiger partial charge on any atom is 0.271 e. The van der Waals surface area contributed by atoms with E-state index in [2.05, 4.69) is 41.7 Å². The second-order valence-electron chi connectivity index (χ2n) is 5.75. The second kappa shape index (κ2) is 7.09. The molecule has 0 unspecified atom stereocenters. The van der Waals surface area contributed by atoms with Gasteiger partial charge in [-0.3, -0.25) is 4.79 Å². The van der Waals surface area contributed by atoms with E-state index in [9.17, 15) is 4.79 Å². The third-order valence-corrected chi connectivity index (χ3v) is 4.09. The van der Waals surface area contributed by atoms with Gasteiger partial charge in [0.1, 0.15) is 0 Å². The predicted molar refractivity (Wildman–Crippen MR) is 99.4 cm³/mol. The van der Waals surface area contributed by atoms with Crippen LogP contribution in [0.4, 0.5) is 0 Å². The molecule has 0 saturated heterocycles. The number of amides is 1. The number of fused-ring (bicyclic) bond motifs is 1. The van der Waals surface area contributed by atoms with Gasteiger partial charge in [0.2, 0.25) is 0 Å². The predicted octanol–water partition coefficient (Wildman–Crippen LogP) is 4.56. The SMILES string of the molecule is CCc1cccc(C(=O)NN=C(C)c2ccc3ccccc3c2)c1. The van der Waals surface area contributed by atoms with Gasteiger partial charge in [-0.05, 0) is 53.4 Å². The molecule has 0 bridgehead atoms. The number of hydrogen-bond donors (Lipinski definition) is 1. The lowest BCUT2D eigenvalue weighted by molar-refractivity contribution is 0.0954. The monoisotopic (exact) mass is 316 g/mol. The van der Waals surface area contributed by atoms with Crippen LogP contribution in [0.15, 0.2) is 71.8 Å². The van der Waals surface area contributed by atoms with Crippen LogP contribution in [-0.2, 0) is 6.42 Å². The van der Waals surface area contributed by atoms with Crippen LogP contribution in [0.1, 0.15) is 35.3 Å². The van der Waals surface area contributed by atoms with Crippen molar-refractivity contribution in [1.29, 1.82) is 0 Å². The molecular formula is C21H20N2O. The molecule has 0 atom stereocenters. The van der Waals surface area contributed by atoms with Gasteiger partial charge < -0.3 is 0 Å². The maximum atomic E-state index is 12.2. The van der Waals surface area contributed by atoms with E-state index in [0.29, 0.717) is 5.56 Å². The lowest BCUT2D eigenvalue weighted by Crippen LogP contribution is -2.19. The zero-order valence-electron chi connectivity index (χ0n) is 13.9. The van der Waals surface area contributed by atoms with E-state index in [-0.39, 0.29) is 5.91 Å². The molecule has 0 aliphatic carbocycles. The average molecular weight is 316 g/mol. The fraction of sp³-hybridized carbons (Fsp3) is 0.143. The summed E-state index contributed by atoms with van der Waals surface area (Å²) < 4.78 is 0. The van der Waals surface area contributed by atoms with Crippen molar-refractivity contribution >= 4 is 22.4 Å². The van der Waals surface area contributed by atoms with Crippen molar-refractivity contribution < 1.29 is 4.79 Å². The molecule has 1 amide bonds. The highest BCUT2D eigenvalue weighted by Gasteiger charge is 2.06. The Hall–Kier alpha value is -2.94. The first-order chi connectivity index (χ1) is 11.7. The van der Waals surface area contributed by atoms with E-state index in [4.69, 9.17) is 0 Å². The van der Waals surface area contributed by atoms with Crippen molar-refractivity contribution in [2.45, 2.75) is 20.3 Å². The summed E-state index contributed by atoms with van der Waals surface area (Å²) in [4.78, 5) is 12.2. The molecule has 0 saturated carbocycles. The number of aryl methyl sites for hydroxylation is 1. The highest BCUT2D eigenvalue weighted by molar-refractivity contribution is 6.03. The van der Waals surface area contributed by atoms with E-state index >= 15 is 0 Å². The number of carbonyl (C=O) groups is 1. The highest BCUT2D eigenvalue weighted by atomic mass is 16.2.